The topological polar surface area (TPSA) is 12.5 Å². The van der Waals surface area contributed by atoms with E-state index in [4.69, 9.17) is 4.74 Å². The Morgan fingerprint density at radius 1 is 1.17 bits per heavy atom. The summed E-state index contributed by atoms with van der Waals surface area (Å²) in [7, 11) is 0. The maximum atomic E-state index is 5.70. The van der Waals surface area contributed by atoms with Gasteiger partial charge in [0.25, 0.3) is 0 Å². The molecule has 2 heterocycles. The van der Waals surface area contributed by atoms with E-state index in [9.17, 15) is 0 Å². The number of hydrogen-bond acceptors (Lipinski definition) is 2. The molecule has 70 valence electrons. The third-order valence-corrected chi connectivity index (χ3v) is 3.18. The highest BCUT2D eigenvalue weighted by atomic mass is 16.5. The van der Waals surface area contributed by atoms with Crippen molar-refractivity contribution < 1.29 is 4.74 Å². The monoisotopic (exact) mass is 169 g/mol. The van der Waals surface area contributed by atoms with Gasteiger partial charge in [0, 0.05) is 19.2 Å². The van der Waals surface area contributed by atoms with Crippen LogP contribution in [0.3, 0.4) is 0 Å². The minimum atomic E-state index is 0.373. The molecule has 0 aromatic heterocycles. The van der Waals surface area contributed by atoms with Crippen molar-refractivity contribution in [3.05, 3.63) is 0 Å². The Hall–Kier alpha value is -0.0800. The molecule has 0 aromatic rings. The minimum absolute atomic E-state index is 0.373. The summed E-state index contributed by atoms with van der Waals surface area (Å²) in [5.74, 6) is 0. The number of fused-ring (bicyclic) bond motifs is 1. The molecule has 0 spiro atoms. The van der Waals surface area contributed by atoms with Gasteiger partial charge in [0.05, 0.1) is 0 Å². The number of nitrogens with zero attached hydrogens (tertiary/aromatic N) is 1. The third kappa shape index (κ3) is 1.64. The first-order valence-corrected chi connectivity index (χ1v) is 5.25. The van der Waals surface area contributed by atoms with Gasteiger partial charge in [-0.05, 0) is 32.6 Å². The molecule has 2 heteroatoms. The maximum Gasteiger partial charge on any atom is 0.107 e. The molecule has 2 fully saturated rings. The Morgan fingerprint density at radius 3 is 2.92 bits per heavy atom. The molecule has 0 bridgehead atoms. The van der Waals surface area contributed by atoms with Crippen molar-refractivity contribution in [3.8, 4) is 0 Å². The summed E-state index contributed by atoms with van der Waals surface area (Å²) in [6.45, 7) is 4.42. The average Bonchev–Trinajstić information content (AvgIpc) is 2.29. The van der Waals surface area contributed by atoms with Crippen molar-refractivity contribution in [2.45, 2.75) is 51.3 Å². The largest absolute Gasteiger partial charge is 0.363 e. The predicted octanol–water partition coefficient (Wildman–Crippen LogP) is 2.00. The lowest BCUT2D eigenvalue weighted by Crippen LogP contribution is -2.44. The molecule has 0 saturated carbocycles. The van der Waals surface area contributed by atoms with Crippen molar-refractivity contribution in [3.63, 3.8) is 0 Å². The van der Waals surface area contributed by atoms with Gasteiger partial charge in [0.1, 0.15) is 6.23 Å². The van der Waals surface area contributed by atoms with Gasteiger partial charge in [0.2, 0.25) is 0 Å². The van der Waals surface area contributed by atoms with Crippen LogP contribution in [0.1, 0.15) is 39.0 Å². The molecule has 2 saturated heterocycles. The molecule has 12 heavy (non-hydrogen) atoms. The van der Waals surface area contributed by atoms with Crippen LogP contribution >= 0.6 is 0 Å². The lowest BCUT2D eigenvalue weighted by atomic mass is 9.98. The summed E-state index contributed by atoms with van der Waals surface area (Å²) in [6.07, 6.45) is 7.17. The van der Waals surface area contributed by atoms with Crippen LogP contribution < -0.4 is 0 Å². The van der Waals surface area contributed by atoms with Gasteiger partial charge in [-0.3, -0.25) is 4.90 Å². The molecule has 0 radical (unpaired) electrons. The van der Waals surface area contributed by atoms with Crippen LogP contribution in [-0.2, 0) is 4.74 Å². The molecule has 0 aliphatic carbocycles. The molecule has 2 atom stereocenters. The van der Waals surface area contributed by atoms with Crippen LogP contribution in [-0.4, -0.2) is 30.3 Å². The zero-order valence-corrected chi connectivity index (χ0v) is 7.96. The van der Waals surface area contributed by atoms with E-state index in [2.05, 4.69) is 11.8 Å². The molecule has 0 aromatic carbocycles. The van der Waals surface area contributed by atoms with Crippen LogP contribution in [0.15, 0.2) is 0 Å². The van der Waals surface area contributed by atoms with E-state index in [0.29, 0.717) is 6.23 Å². The lowest BCUT2D eigenvalue weighted by Gasteiger charge is -2.37. The maximum absolute atomic E-state index is 5.70. The fraction of sp³-hybridized carbons (Fsp3) is 1.00. The highest BCUT2D eigenvalue weighted by Crippen LogP contribution is 2.25. The molecule has 0 amide bonds. The molecular weight excluding hydrogens is 150 g/mol. The van der Waals surface area contributed by atoms with E-state index in [1.807, 2.05) is 0 Å². The molecule has 2 rings (SSSR count). The van der Waals surface area contributed by atoms with E-state index < -0.39 is 0 Å². The second kappa shape index (κ2) is 3.75. The number of ether oxygens (including phenoxy) is 1. The Kier molecular flexibility index (Phi) is 2.66. The van der Waals surface area contributed by atoms with Gasteiger partial charge in [-0.15, -0.1) is 0 Å². The van der Waals surface area contributed by atoms with E-state index in [1.165, 1.54) is 38.6 Å². The van der Waals surface area contributed by atoms with Crippen molar-refractivity contribution in [2.75, 3.05) is 13.2 Å². The van der Waals surface area contributed by atoms with Gasteiger partial charge >= 0.3 is 0 Å². The number of hydrogen-bond donors (Lipinski definition) is 0. The summed E-state index contributed by atoms with van der Waals surface area (Å²) >= 11 is 0. The van der Waals surface area contributed by atoms with E-state index in [1.54, 1.807) is 0 Å². The molecular formula is C10H19NO. The second-order valence-electron chi connectivity index (χ2n) is 4.00. The highest BCUT2D eigenvalue weighted by Gasteiger charge is 2.28. The standard InChI is InChI=1S/C10H19NO/c1-9-11-7-3-2-5-10(11)6-4-8-12-9/h9-10H,2-8H2,1H3. The van der Waals surface area contributed by atoms with Crippen LogP contribution in [0.2, 0.25) is 0 Å². The van der Waals surface area contributed by atoms with E-state index >= 15 is 0 Å². The van der Waals surface area contributed by atoms with Crippen molar-refractivity contribution >= 4 is 0 Å². The zero-order valence-electron chi connectivity index (χ0n) is 7.96. The van der Waals surface area contributed by atoms with Gasteiger partial charge < -0.3 is 4.74 Å². The highest BCUT2D eigenvalue weighted by molar-refractivity contribution is 4.79. The fourth-order valence-corrected chi connectivity index (χ4v) is 2.48. The minimum Gasteiger partial charge on any atom is -0.363 e. The Balaban J connectivity index is 2.01. The molecule has 2 unspecified atom stereocenters. The normalized spacial score (nSPS) is 38.8. The first-order chi connectivity index (χ1) is 5.88. The van der Waals surface area contributed by atoms with Crippen molar-refractivity contribution in [1.82, 2.24) is 4.90 Å². The average molecular weight is 169 g/mol. The quantitative estimate of drug-likeness (QED) is 0.550. The Bertz CT molecular complexity index is 149. The molecule has 2 nitrogen and oxygen atoms in total. The van der Waals surface area contributed by atoms with Gasteiger partial charge in [-0.2, -0.15) is 0 Å². The SMILES string of the molecule is CC1OCCCC2CCCCN21. The first-order valence-electron chi connectivity index (χ1n) is 5.25. The second-order valence-corrected chi connectivity index (χ2v) is 4.00. The smallest absolute Gasteiger partial charge is 0.107 e. The zero-order chi connectivity index (χ0) is 8.39. The number of piperidine rings is 1. The summed E-state index contributed by atoms with van der Waals surface area (Å²) in [4.78, 5) is 2.55. The molecule has 2 aliphatic heterocycles. The predicted molar refractivity (Wildman–Crippen MR) is 49.0 cm³/mol. The van der Waals surface area contributed by atoms with Gasteiger partial charge in [-0.25, -0.2) is 0 Å². The van der Waals surface area contributed by atoms with Crippen LogP contribution in [0, 0.1) is 0 Å². The van der Waals surface area contributed by atoms with Crippen molar-refractivity contribution in [2.24, 2.45) is 0 Å². The van der Waals surface area contributed by atoms with Gasteiger partial charge in [0.15, 0.2) is 0 Å². The first kappa shape index (κ1) is 8.52. The van der Waals surface area contributed by atoms with E-state index in [-0.39, 0.29) is 0 Å². The summed E-state index contributed by atoms with van der Waals surface area (Å²) in [5, 5.41) is 0. The molecule has 2 aliphatic rings. The van der Waals surface area contributed by atoms with Crippen LogP contribution in [0.25, 0.3) is 0 Å². The van der Waals surface area contributed by atoms with E-state index in [0.717, 1.165) is 12.6 Å². The lowest BCUT2D eigenvalue weighted by molar-refractivity contribution is -0.0576. The number of rotatable bonds is 0. The van der Waals surface area contributed by atoms with Crippen LogP contribution in [0.4, 0.5) is 0 Å². The van der Waals surface area contributed by atoms with Crippen LogP contribution in [0.5, 0.6) is 0 Å². The third-order valence-electron chi connectivity index (χ3n) is 3.18. The summed E-state index contributed by atoms with van der Waals surface area (Å²) in [6, 6.07) is 0.830. The Morgan fingerprint density at radius 2 is 2.00 bits per heavy atom. The van der Waals surface area contributed by atoms with Gasteiger partial charge in [-0.1, -0.05) is 6.42 Å². The molecule has 0 N–H and O–H groups in total. The Labute approximate surface area is 74.9 Å². The summed E-state index contributed by atoms with van der Waals surface area (Å²) < 4.78 is 5.70. The van der Waals surface area contributed by atoms with Crippen molar-refractivity contribution in [1.29, 1.82) is 0 Å². The fourth-order valence-electron chi connectivity index (χ4n) is 2.48. The summed E-state index contributed by atoms with van der Waals surface area (Å²) in [5.41, 5.74) is 0.